The summed E-state index contributed by atoms with van der Waals surface area (Å²) in [5.74, 6) is -0.503. The highest BCUT2D eigenvalue weighted by Crippen LogP contribution is 2.27. The summed E-state index contributed by atoms with van der Waals surface area (Å²) < 4.78 is 1.96. The lowest BCUT2D eigenvalue weighted by Crippen LogP contribution is -2.13. The van der Waals surface area contributed by atoms with Gasteiger partial charge in [0.2, 0.25) is 0 Å². The summed E-state index contributed by atoms with van der Waals surface area (Å²) in [4.78, 5) is 17.8. The van der Waals surface area contributed by atoms with Gasteiger partial charge in [0.25, 0.3) is 5.91 Å². The molecule has 0 aliphatic rings. The molecular formula is C23H16Cl2N4OS. The van der Waals surface area contributed by atoms with Crippen LogP contribution in [0.1, 0.15) is 16.0 Å². The third-order valence-corrected chi connectivity index (χ3v) is 6.26. The van der Waals surface area contributed by atoms with E-state index in [1.54, 1.807) is 24.4 Å². The number of carbonyl (C=O) groups is 1. The predicted octanol–water partition coefficient (Wildman–Crippen LogP) is 6.08. The first-order valence-corrected chi connectivity index (χ1v) is 10.9. The molecule has 2 aromatic carbocycles. The van der Waals surface area contributed by atoms with Crippen LogP contribution in [0.4, 0.5) is 5.13 Å². The number of benzene rings is 2. The second kappa shape index (κ2) is 8.94. The summed E-state index contributed by atoms with van der Waals surface area (Å²) >= 11 is 13.6. The van der Waals surface area contributed by atoms with Crippen molar-refractivity contribution in [3.63, 3.8) is 0 Å². The molecule has 1 amide bonds. The number of halogens is 2. The molecule has 2 aromatic heterocycles. The lowest BCUT2D eigenvalue weighted by atomic mass is 10.1. The minimum atomic E-state index is -0.503. The van der Waals surface area contributed by atoms with Gasteiger partial charge in [-0.1, -0.05) is 41.4 Å². The second-order valence-corrected chi connectivity index (χ2v) is 8.84. The smallest absolute Gasteiger partial charge is 0.268 e. The van der Waals surface area contributed by atoms with Crippen molar-refractivity contribution in [2.75, 3.05) is 5.32 Å². The van der Waals surface area contributed by atoms with E-state index in [-0.39, 0.29) is 5.57 Å². The normalized spacial score (nSPS) is 11.5. The fourth-order valence-electron chi connectivity index (χ4n) is 3.27. The van der Waals surface area contributed by atoms with Crippen LogP contribution < -0.4 is 5.32 Å². The molecule has 4 aromatic rings. The lowest BCUT2D eigenvalue weighted by molar-refractivity contribution is -0.112. The summed E-state index contributed by atoms with van der Waals surface area (Å²) in [6.07, 6.45) is 5.71. The van der Waals surface area contributed by atoms with Crippen molar-refractivity contribution in [2.45, 2.75) is 6.42 Å². The number of nitrogens with one attached hydrogen (secondary N) is 1. The summed E-state index contributed by atoms with van der Waals surface area (Å²) in [5, 5.41) is 14.9. The summed E-state index contributed by atoms with van der Waals surface area (Å²) in [7, 11) is 1.93. The Hall–Kier alpha value is -3.11. The molecule has 31 heavy (non-hydrogen) atoms. The van der Waals surface area contributed by atoms with Crippen molar-refractivity contribution in [3.8, 4) is 6.07 Å². The van der Waals surface area contributed by atoms with Gasteiger partial charge in [0.1, 0.15) is 11.6 Å². The fourth-order valence-corrected chi connectivity index (χ4v) is 4.48. The van der Waals surface area contributed by atoms with E-state index < -0.39 is 5.91 Å². The topological polar surface area (TPSA) is 70.7 Å². The summed E-state index contributed by atoms with van der Waals surface area (Å²) in [6.45, 7) is 0. The van der Waals surface area contributed by atoms with Crippen molar-refractivity contribution in [1.29, 1.82) is 5.26 Å². The van der Waals surface area contributed by atoms with Crippen molar-refractivity contribution >= 4 is 62.6 Å². The van der Waals surface area contributed by atoms with Gasteiger partial charge in [-0.2, -0.15) is 5.26 Å². The van der Waals surface area contributed by atoms with Gasteiger partial charge < -0.3 is 4.57 Å². The number of rotatable bonds is 5. The van der Waals surface area contributed by atoms with E-state index in [1.165, 1.54) is 11.3 Å². The summed E-state index contributed by atoms with van der Waals surface area (Å²) in [5.41, 5.74) is 2.71. The Morgan fingerprint density at radius 2 is 2.10 bits per heavy atom. The number of nitrogens with zero attached hydrogens (tertiary/aromatic N) is 3. The molecular weight excluding hydrogens is 451 g/mol. The molecule has 1 N–H and O–H groups in total. The number of aryl methyl sites for hydroxylation is 1. The number of anilines is 1. The zero-order valence-electron chi connectivity index (χ0n) is 16.4. The number of para-hydroxylation sites is 1. The van der Waals surface area contributed by atoms with E-state index in [9.17, 15) is 10.1 Å². The number of carbonyl (C=O) groups excluding carboxylic acids is 1. The van der Waals surface area contributed by atoms with Gasteiger partial charge in [0.15, 0.2) is 5.13 Å². The standard InChI is InChI=1S/C23H16Cl2N4OS/c1-29-13-16(19-4-2-3-5-21(19)29)8-15(11-26)22(30)28-23-27-12-18(31-23)10-14-9-17(24)6-7-20(14)25/h2-9,12-13H,10H2,1H3,(H,27,28,30). The number of fused-ring (bicyclic) bond motifs is 1. The monoisotopic (exact) mass is 466 g/mol. The minimum absolute atomic E-state index is 0.00555. The average molecular weight is 467 g/mol. The van der Waals surface area contributed by atoms with Crippen LogP contribution in [-0.2, 0) is 18.3 Å². The Labute approximate surface area is 193 Å². The quantitative estimate of drug-likeness (QED) is 0.286. The predicted molar refractivity (Wildman–Crippen MR) is 127 cm³/mol. The number of hydrogen-bond acceptors (Lipinski definition) is 4. The first-order valence-electron chi connectivity index (χ1n) is 9.30. The number of nitriles is 1. The third kappa shape index (κ3) is 4.64. The van der Waals surface area contributed by atoms with E-state index in [1.807, 2.05) is 54.2 Å². The molecule has 5 nitrogen and oxygen atoms in total. The van der Waals surface area contributed by atoms with Crippen LogP contribution in [0.25, 0.3) is 17.0 Å². The van der Waals surface area contributed by atoms with Crippen molar-refractivity contribution in [3.05, 3.63) is 86.5 Å². The van der Waals surface area contributed by atoms with E-state index in [0.29, 0.717) is 21.6 Å². The van der Waals surface area contributed by atoms with Crippen LogP contribution in [0.2, 0.25) is 10.0 Å². The zero-order valence-corrected chi connectivity index (χ0v) is 18.7. The first kappa shape index (κ1) is 21.1. The maximum Gasteiger partial charge on any atom is 0.268 e. The van der Waals surface area contributed by atoms with Crippen LogP contribution in [0.15, 0.2) is 60.4 Å². The van der Waals surface area contributed by atoms with Crippen LogP contribution in [0, 0.1) is 11.3 Å². The molecule has 0 aliphatic heterocycles. The number of aromatic nitrogens is 2. The van der Waals surface area contributed by atoms with E-state index >= 15 is 0 Å². The Bertz CT molecular complexity index is 1360. The second-order valence-electron chi connectivity index (χ2n) is 6.88. The van der Waals surface area contributed by atoms with Gasteiger partial charge in [-0.3, -0.25) is 10.1 Å². The molecule has 154 valence electrons. The molecule has 0 aliphatic carbocycles. The van der Waals surface area contributed by atoms with Gasteiger partial charge in [-0.15, -0.1) is 11.3 Å². The zero-order chi connectivity index (χ0) is 22.0. The Balaban J connectivity index is 1.53. The van der Waals surface area contributed by atoms with Crippen LogP contribution in [0.3, 0.4) is 0 Å². The molecule has 0 bridgehead atoms. The summed E-state index contributed by atoms with van der Waals surface area (Å²) in [6, 6.07) is 15.1. The van der Waals surface area contributed by atoms with Crippen molar-refractivity contribution in [2.24, 2.45) is 7.05 Å². The van der Waals surface area contributed by atoms with Gasteiger partial charge in [-0.25, -0.2) is 4.98 Å². The molecule has 0 fully saturated rings. The molecule has 0 spiro atoms. The molecule has 8 heteroatoms. The fraction of sp³-hybridized carbons (Fsp3) is 0.0870. The van der Waals surface area contributed by atoms with Gasteiger partial charge in [0, 0.05) is 57.3 Å². The first-order chi connectivity index (χ1) is 14.9. The maximum atomic E-state index is 12.7. The maximum absolute atomic E-state index is 12.7. The van der Waals surface area contributed by atoms with Crippen molar-refractivity contribution in [1.82, 2.24) is 9.55 Å². The van der Waals surface area contributed by atoms with Crippen LogP contribution >= 0.6 is 34.5 Å². The molecule has 0 atom stereocenters. The Morgan fingerprint density at radius 3 is 2.90 bits per heavy atom. The lowest BCUT2D eigenvalue weighted by Gasteiger charge is -2.02. The third-order valence-electron chi connectivity index (χ3n) is 4.74. The Morgan fingerprint density at radius 1 is 1.29 bits per heavy atom. The Kier molecular flexibility index (Phi) is 6.10. The molecule has 0 unspecified atom stereocenters. The van der Waals surface area contributed by atoms with Gasteiger partial charge in [0.05, 0.1) is 0 Å². The van der Waals surface area contributed by atoms with Crippen LogP contribution in [-0.4, -0.2) is 15.5 Å². The number of amides is 1. The number of thiazole rings is 1. The molecule has 0 saturated heterocycles. The molecule has 2 heterocycles. The van der Waals surface area contributed by atoms with E-state index in [0.717, 1.165) is 26.9 Å². The highest BCUT2D eigenvalue weighted by atomic mass is 35.5. The average Bonchev–Trinajstić information content (AvgIpc) is 3.33. The number of hydrogen-bond donors (Lipinski definition) is 1. The highest BCUT2D eigenvalue weighted by molar-refractivity contribution is 7.15. The molecule has 0 saturated carbocycles. The van der Waals surface area contributed by atoms with E-state index in [2.05, 4.69) is 10.3 Å². The van der Waals surface area contributed by atoms with Gasteiger partial charge >= 0.3 is 0 Å². The molecule has 4 rings (SSSR count). The van der Waals surface area contributed by atoms with Crippen LogP contribution in [0.5, 0.6) is 0 Å². The van der Waals surface area contributed by atoms with Gasteiger partial charge in [-0.05, 0) is 35.9 Å². The van der Waals surface area contributed by atoms with E-state index in [4.69, 9.17) is 23.2 Å². The SMILES string of the molecule is Cn1cc(C=C(C#N)C(=O)Nc2ncc(Cc3cc(Cl)ccc3Cl)s2)c2ccccc21. The van der Waals surface area contributed by atoms with Crippen molar-refractivity contribution < 1.29 is 4.79 Å². The molecule has 0 radical (unpaired) electrons. The highest BCUT2D eigenvalue weighted by Gasteiger charge is 2.14. The minimum Gasteiger partial charge on any atom is -0.350 e. The largest absolute Gasteiger partial charge is 0.350 e.